The second-order valence-electron chi connectivity index (χ2n) is 23.6. The molecule has 478 valence electrons. The zero-order chi connectivity index (χ0) is 60.0. The van der Waals surface area contributed by atoms with Crippen molar-refractivity contribution in [2.45, 2.75) is 339 Å². The van der Waals surface area contributed by atoms with Crippen molar-refractivity contribution in [3.63, 3.8) is 0 Å². The monoisotopic (exact) mass is 1160 g/mol. The lowest BCUT2D eigenvalue weighted by Gasteiger charge is -2.40. The van der Waals surface area contributed by atoms with Crippen molar-refractivity contribution in [1.29, 1.82) is 0 Å². The van der Waals surface area contributed by atoms with Gasteiger partial charge in [-0.1, -0.05) is 303 Å². The molecule has 1 fully saturated rings. The molecule has 1 aliphatic heterocycles. The van der Waals surface area contributed by atoms with Crippen molar-refractivity contribution in [3.05, 3.63) is 109 Å². The largest absolute Gasteiger partial charge is 0.394 e. The van der Waals surface area contributed by atoms with E-state index in [1.54, 1.807) is 6.08 Å². The quantitative estimate of drug-likeness (QED) is 0.0261. The van der Waals surface area contributed by atoms with Crippen molar-refractivity contribution >= 4 is 5.91 Å². The van der Waals surface area contributed by atoms with Crippen LogP contribution in [0, 0.1) is 0 Å². The first-order valence-electron chi connectivity index (χ1n) is 34.6. The first kappa shape index (κ1) is 77.9. The minimum atomic E-state index is -1.58. The Labute approximate surface area is 510 Å². The van der Waals surface area contributed by atoms with E-state index in [0.29, 0.717) is 6.42 Å². The number of allylic oxidation sites excluding steroid dienone is 17. The predicted octanol–water partition coefficient (Wildman–Crippen LogP) is 18.9. The molecular formula is C74H129NO8. The van der Waals surface area contributed by atoms with Gasteiger partial charge in [0.1, 0.15) is 24.4 Å². The molecule has 0 radical (unpaired) electrons. The number of aliphatic hydroxyl groups is 5. The van der Waals surface area contributed by atoms with Gasteiger partial charge in [0.05, 0.1) is 25.4 Å². The van der Waals surface area contributed by atoms with Crippen LogP contribution in [0.4, 0.5) is 0 Å². The standard InChI is InChI=1S/C74H129NO8/c1-3-5-7-9-11-13-15-17-19-21-23-25-27-29-31-32-33-34-35-36-38-39-41-43-45-47-49-51-53-55-57-59-61-63-68(77)67(66-82-74-73(81)72(80)71(79)69(65-76)83-74)75-70(78)64-62-60-58-56-54-52-50-48-46-44-42-40-37-30-28-26-24-22-20-18-16-14-12-10-8-6-4-2/h6,8,12,14,18,20,24,26,30,37,42,44-45,47,53,55,61,63,67-69,71-74,76-77,79-81H,3-5,7,9-11,13,15-17,19,21-23,25,27-29,31-36,38-41,43,46,48-52,54,56-60,62,64-66H2,1-2H3,(H,75,78)/b8-6-,14-12-,20-18-,26-24-,37-30-,44-42-,47-45+,55-53+,63-61+. The highest BCUT2D eigenvalue weighted by molar-refractivity contribution is 5.76. The van der Waals surface area contributed by atoms with Gasteiger partial charge in [0.25, 0.3) is 0 Å². The van der Waals surface area contributed by atoms with Crippen LogP contribution >= 0.6 is 0 Å². The van der Waals surface area contributed by atoms with Crippen LogP contribution in [0.3, 0.4) is 0 Å². The molecule has 1 amide bonds. The first-order valence-corrected chi connectivity index (χ1v) is 34.6. The number of rotatable bonds is 59. The Bertz CT molecular complexity index is 1680. The molecule has 83 heavy (non-hydrogen) atoms. The minimum absolute atomic E-state index is 0.201. The average molecular weight is 1160 g/mol. The summed E-state index contributed by atoms with van der Waals surface area (Å²) in [6.07, 6.45) is 84.8. The summed E-state index contributed by atoms with van der Waals surface area (Å²) in [5.41, 5.74) is 0. The maximum Gasteiger partial charge on any atom is 0.220 e. The molecule has 6 N–H and O–H groups in total. The molecule has 7 unspecified atom stereocenters. The molecular weight excluding hydrogens is 1030 g/mol. The summed E-state index contributed by atoms with van der Waals surface area (Å²) in [5, 5.41) is 54.7. The van der Waals surface area contributed by atoms with Crippen molar-refractivity contribution in [3.8, 4) is 0 Å². The molecule has 0 aliphatic carbocycles. The molecule has 0 aromatic rings. The van der Waals surface area contributed by atoms with Gasteiger partial charge in [0.2, 0.25) is 5.91 Å². The minimum Gasteiger partial charge on any atom is -0.394 e. The third kappa shape index (κ3) is 50.7. The molecule has 9 heteroatoms. The van der Waals surface area contributed by atoms with Gasteiger partial charge in [-0.3, -0.25) is 4.79 Å². The van der Waals surface area contributed by atoms with E-state index < -0.39 is 49.5 Å². The van der Waals surface area contributed by atoms with Crippen LogP contribution in [-0.4, -0.2) is 87.5 Å². The lowest BCUT2D eigenvalue weighted by atomic mass is 9.99. The van der Waals surface area contributed by atoms with E-state index in [0.717, 1.165) is 96.3 Å². The van der Waals surface area contributed by atoms with Gasteiger partial charge in [-0.15, -0.1) is 0 Å². The van der Waals surface area contributed by atoms with E-state index >= 15 is 0 Å². The fourth-order valence-electron chi connectivity index (χ4n) is 10.4. The van der Waals surface area contributed by atoms with Crippen LogP contribution in [0.1, 0.15) is 296 Å². The SMILES string of the molecule is CC/C=C\C/C=C\C/C=C\C/C=C\C/C=C\C/C=C\CCCCCCCCCCC(=O)NC(COC1OC(CO)C(O)C(O)C1O)C(O)/C=C/CC/C=C/CC/C=C/CCCCCCCCCCCCCCCCCCCCCCCCC. The number of carbonyl (C=O) groups is 1. The van der Waals surface area contributed by atoms with Crippen LogP contribution in [0.25, 0.3) is 0 Å². The Morgan fingerprint density at radius 1 is 0.422 bits per heavy atom. The zero-order valence-electron chi connectivity index (χ0n) is 53.4. The van der Waals surface area contributed by atoms with Gasteiger partial charge in [-0.25, -0.2) is 0 Å². The van der Waals surface area contributed by atoms with E-state index in [4.69, 9.17) is 9.47 Å². The van der Waals surface area contributed by atoms with E-state index in [-0.39, 0.29) is 12.5 Å². The number of aliphatic hydroxyl groups excluding tert-OH is 5. The molecule has 1 heterocycles. The molecule has 7 atom stereocenters. The molecule has 1 rings (SSSR count). The third-order valence-corrected chi connectivity index (χ3v) is 15.8. The van der Waals surface area contributed by atoms with Crippen LogP contribution < -0.4 is 5.32 Å². The maximum atomic E-state index is 13.1. The normalized spacial score (nSPS) is 19.0. The van der Waals surface area contributed by atoms with Crippen molar-refractivity contribution in [1.82, 2.24) is 5.32 Å². The number of hydrogen-bond acceptors (Lipinski definition) is 8. The van der Waals surface area contributed by atoms with Crippen molar-refractivity contribution in [2.75, 3.05) is 13.2 Å². The second kappa shape index (κ2) is 61.9. The summed E-state index contributed by atoms with van der Waals surface area (Å²) in [6.45, 7) is 3.66. The molecule has 0 bridgehead atoms. The number of carbonyl (C=O) groups excluding carboxylic acids is 1. The summed E-state index contributed by atoms with van der Waals surface area (Å²) in [5.74, 6) is -0.201. The average Bonchev–Trinajstić information content (AvgIpc) is 3.60. The van der Waals surface area contributed by atoms with Gasteiger partial charge in [0, 0.05) is 6.42 Å². The van der Waals surface area contributed by atoms with Gasteiger partial charge >= 0.3 is 0 Å². The van der Waals surface area contributed by atoms with Gasteiger partial charge in [-0.2, -0.15) is 0 Å². The Balaban J connectivity index is 2.19. The molecule has 0 aromatic heterocycles. The summed E-state index contributed by atoms with van der Waals surface area (Å²) in [7, 11) is 0. The number of ether oxygens (including phenoxy) is 2. The van der Waals surface area contributed by atoms with Crippen LogP contribution in [-0.2, 0) is 14.3 Å². The molecule has 0 saturated carbocycles. The first-order chi connectivity index (χ1) is 40.8. The molecule has 1 aliphatic rings. The summed E-state index contributed by atoms with van der Waals surface area (Å²) < 4.78 is 11.3. The maximum absolute atomic E-state index is 13.1. The predicted molar refractivity (Wildman–Crippen MR) is 354 cm³/mol. The Kier molecular flexibility index (Phi) is 58.1. The van der Waals surface area contributed by atoms with E-state index in [1.165, 1.54) is 180 Å². The lowest BCUT2D eigenvalue weighted by Crippen LogP contribution is -2.60. The van der Waals surface area contributed by atoms with E-state index in [1.807, 2.05) is 6.08 Å². The van der Waals surface area contributed by atoms with Crippen molar-refractivity contribution < 1.29 is 39.8 Å². The highest BCUT2D eigenvalue weighted by atomic mass is 16.7. The second-order valence-corrected chi connectivity index (χ2v) is 23.6. The molecule has 0 aromatic carbocycles. The van der Waals surface area contributed by atoms with E-state index in [2.05, 4.69) is 116 Å². The number of amides is 1. The number of hydrogen-bond donors (Lipinski definition) is 6. The highest BCUT2D eigenvalue weighted by Gasteiger charge is 2.44. The van der Waals surface area contributed by atoms with Crippen LogP contribution in [0.5, 0.6) is 0 Å². The topological polar surface area (TPSA) is 149 Å². The zero-order valence-corrected chi connectivity index (χ0v) is 53.4. The van der Waals surface area contributed by atoms with Crippen LogP contribution in [0.2, 0.25) is 0 Å². The Morgan fingerprint density at radius 3 is 1.16 bits per heavy atom. The number of nitrogens with one attached hydrogen (secondary N) is 1. The Hall–Kier alpha value is -3.15. The van der Waals surface area contributed by atoms with Gasteiger partial charge in [-0.05, 0) is 96.3 Å². The lowest BCUT2D eigenvalue weighted by molar-refractivity contribution is -0.302. The van der Waals surface area contributed by atoms with E-state index in [9.17, 15) is 30.3 Å². The van der Waals surface area contributed by atoms with Gasteiger partial charge in [0.15, 0.2) is 6.29 Å². The third-order valence-electron chi connectivity index (χ3n) is 15.8. The Morgan fingerprint density at radius 2 is 0.759 bits per heavy atom. The van der Waals surface area contributed by atoms with Crippen molar-refractivity contribution in [2.24, 2.45) is 0 Å². The molecule has 0 spiro atoms. The molecule has 1 saturated heterocycles. The molecule has 9 nitrogen and oxygen atoms in total. The summed E-state index contributed by atoms with van der Waals surface area (Å²) >= 11 is 0. The smallest absolute Gasteiger partial charge is 0.220 e. The van der Waals surface area contributed by atoms with Gasteiger partial charge < -0.3 is 40.3 Å². The fraction of sp³-hybridized carbons (Fsp3) is 0.743. The van der Waals surface area contributed by atoms with Crippen LogP contribution in [0.15, 0.2) is 109 Å². The fourth-order valence-corrected chi connectivity index (χ4v) is 10.4. The summed E-state index contributed by atoms with van der Waals surface area (Å²) in [4.78, 5) is 13.1. The highest BCUT2D eigenvalue weighted by Crippen LogP contribution is 2.23. The number of unbranched alkanes of at least 4 members (excludes halogenated alkanes) is 33. The summed E-state index contributed by atoms with van der Waals surface area (Å²) in [6, 6.07) is -0.843.